The highest BCUT2D eigenvalue weighted by Crippen LogP contribution is 2.29. The summed E-state index contributed by atoms with van der Waals surface area (Å²) in [5.74, 6) is 2.84. The van der Waals surface area contributed by atoms with Crippen molar-refractivity contribution in [2.75, 3.05) is 18.6 Å². The summed E-state index contributed by atoms with van der Waals surface area (Å²) in [4.78, 5) is 15.7. The molecule has 4 heterocycles. The number of anilines is 2. The number of pyridine rings is 1. The minimum Gasteiger partial charge on any atom is -0.493 e. The van der Waals surface area contributed by atoms with Crippen molar-refractivity contribution in [3.63, 3.8) is 0 Å². The van der Waals surface area contributed by atoms with Crippen molar-refractivity contribution in [1.82, 2.24) is 29.3 Å². The Labute approximate surface area is 190 Å². The lowest BCUT2D eigenvalue weighted by Gasteiger charge is -2.27. The average molecular weight is 448 g/mol. The van der Waals surface area contributed by atoms with Crippen LogP contribution in [-0.2, 0) is 6.54 Å². The van der Waals surface area contributed by atoms with Crippen molar-refractivity contribution in [2.24, 2.45) is 0 Å². The fraction of sp³-hybridized carbons (Fsp3) is 0.217. The largest absolute Gasteiger partial charge is 0.493 e. The lowest BCUT2D eigenvalue weighted by Crippen LogP contribution is -2.28. The Bertz CT molecular complexity index is 1280. The molecular weight excluding hydrogens is 426 g/mol. The number of methoxy groups -OCH3 is 1. The zero-order valence-electron chi connectivity index (χ0n) is 17.8. The molecule has 0 fully saturated rings. The van der Waals surface area contributed by atoms with Crippen LogP contribution in [0, 0.1) is 6.92 Å². The molecule has 0 N–H and O–H groups in total. The molecule has 4 aromatic rings. The predicted molar refractivity (Wildman–Crippen MR) is 125 cm³/mol. The molecule has 5 rings (SSSR count). The summed E-state index contributed by atoms with van der Waals surface area (Å²) >= 11 is 6.04. The molecule has 9 heteroatoms. The van der Waals surface area contributed by atoms with E-state index in [1.165, 1.54) is 0 Å². The first kappa shape index (κ1) is 20.3. The molecule has 0 radical (unpaired) electrons. The van der Waals surface area contributed by atoms with E-state index < -0.39 is 0 Å². The van der Waals surface area contributed by atoms with Gasteiger partial charge in [0.15, 0.2) is 17.4 Å². The summed E-state index contributed by atoms with van der Waals surface area (Å²) < 4.78 is 9.33. The van der Waals surface area contributed by atoms with Gasteiger partial charge in [-0.15, -0.1) is 5.10 Å². The number of halogens is 1. The van der Waals surface area contributed by atoms with E-state index in [1.54, 1.807) is 19.6 Å². The van der Waals surface area contributed by atoms with Gasteiger partial charge in [-0.25, -0.2) is 14.6 Å². The van der Waals surface area contributed by atoms with Crippen molar-refractivity contribution in [1.29, 1.82) is 0 Å². The number of aromatic nitrogens is 6. The molecule has 0 amide bonds. The Morgan fingerprint density at radius 3 is 2.69 bits per heavy atom. The highest BCUT2D eigenvalue weighted by Gasteiger charge is 2.22. The number of hydrogen-bond acceptors (Lipinski definition) is 6. The third-order valence-electron chi connectivity index (χ3n) is 5.26. The van der Waals surface area contributed by atoms with Crippen LogP contribution in [0.4, 0.5) is 11.6 Å². The second-order valence-corrected chi connectivity index (χ2v) is 7.96. The monoisotopic (exact) mass is 447 g/mol. The summed E-state index contributed by atoms with van der Waals surface area (Å²) in [6, 6.07) is 9.72. The molecule has 3 aromatic heterocycles. The smallest absolute Gasteiger partial charge is 0.228 e. The van der Waals surface area contributed by atoms with E-state index in [1.807, 2.05) is 64.9 Å². The number of fused-ring (bicyclic) bond motifs is 1. The third-order valence-corrected chi connectivity index (χ3v) is 5.51. The van der Waals surface area contributed by atoms with Crippen LogP contribution in [-0.4, -0.2) is 43.0 Å². The molecule has 0 bridgehead atoms. The van der Waals surface area contributed by atoms with Gasteiger partial charge in [0.2, 0.25) is 5.95 Å². The van der Waals surface area contributed by atoms with Gasteiger partial charge in [-0.05, 0) is 61.4 Å². The number of imidazole rings is 1. The maximum absolute atomic E-state index is 6.04. The third kappa shape index (κ3) is 3.97. The van der Waals surface area contributed by atoms with E-state index in [-0.39, 0.29) is 0 Å². The van der Waals surface area contributed by atoms with Crippen molar-refractivity contribution >= 4 is 35.4 Å². The molecule has 0 aliphatic carbocycles. The highest BCUT2D eigenvalue weighted by molar-refractivity contribution is 6.30. The van der Waals surface area contributed by atoms with Crippen molar-refractivity contribution in [3.05, 3.63) is 71.2 Å². The Morgan fingerprint density at radius 1 is 1.09 bits per heavy atom. The molecule has 0 saturated carbocycles. The van der Waals surface area contributed by atoms with Gasteiger partial charge in [-0.2, -0.15) is 4.98 Å². The van der Waals surface area contributed by atoms with E-state index >= 15 is 0 Å². The van der Waals surface area contributed by atoms with E-state index in [0.717, 1.165) is 42.4 Å². The first-order valence-corrected chi connectivity index (χ1v) is 10.7. The highest BCUT2D eigenvalue weighted by atomic mass is 35.5. The Kier molecular flexibility index (Phi) is 5.36. The number of benzene rings is 1. The summed E-state index contributed by atoms with van der Waals surface area (Å²) in [7, 11) is 1.63. The Morgan fingerprint density at radius 2 is 1.94 bits per heavy atom. The molecule has 0 unspecified atom stereocenters. The summed E-state index contributed by atoms with van der Waals surface area (Å²) in [5, 5.41) is 5.37. The van der Waals surface area contributed by atoms with Crippen LogP contribution in [0.2, 0.25) is 5.02 Å². The minimum atomic E-state index is 0.647. The maximum atomic E-state index is 6.04. The van der Waals surface area contributed by atoms with Gasteiger partial charge in [0.05, 0.1) is 12.8 Å². The van der Waals surface area contributed by atoms with Crippen LogP contribution in [0.5, 0.6) is 5.75 Å². The Hall–Kier alpha value is -3.65. The fourth-order valence-electron chi connectivity index (χ4n) is 3.71. The van der Waals surface area contributed by atoms with E-state index in [4.69, 9.17) is 21.3 Å². The standard InChI is InChI=1S/C23H22ClN7O/c1-16-14-29(15-26-16)22-20(32-2)12-17(13-25-22)4-9-21-27-23-30(10-3-11-31(23)28-21)19-7-5-18(24)6-8-19/h4-9,12-15H,3,10-11H2,1-2H3/b9-4+. The molecule has 0 spiro atoms. The first-order chi connectivity index (χ1) is 15.6. The van der Waals surface area contributed by atoms with Crippen LogP contribution in [0.1, 0.15) is 23.5 Å². The summed E-state index contributed by atoms with van der Waals surface area (Å²) in [6.45, 7) is 3.67. The van der Waals surface area contributed by atoms with Gasteiger partial charge in [-0.3, -0.25) is 4.57 Å². The zero-order chi connectivity index (χ0) is 22.1. The Balaban J connectivity index is 1.40. The molecule has 0 atom stereocenters. The normalized spacial score (nSPS) is 13.5. The minimum absolute atomic E-state index is 0.647. The zero-order valence-corrected chi connectivity index (χ0v) is 18.6. The number of rotatable bonds is 5. The van der Waals surface area contributed by atoms with Crippen LogP contribution in [0.25, 0.3) is 18.0 Å². The summed E-state index contributed by atoms with van der Waals surface area (Å²) in [5.41, 5.74) is 2.86. The molecule has 0 saturated heterocycles. The van der Waals surface area contributed by atoms with E-state index in [2.05, 4.69) is 20.0 Å². The van der Waals surface area contributed by atoms with Crippen molar-refractivity contribution < 1.29 is 4.74 Å². The van der Waals surface area contributed by atoms with Gasteiger partial charge in [0, 0.05) is 36.2 Å². The van der Waals surface area contributed by atoms with Gasteiger partial charge < -0.3 is 9.64 Å². The first-order valence-electron chi connectivity index (χ1n) is 10.3. The van der Waals surface area contributed by atoms with Gasteiger partial charge in [0.25, 0.3) is 0 Å². The maximum Gasteiger partial charge on any atom is 0.228 e. The van der Waals surface area contributed by atoms with Crippen LogP contribution in [0.3, 0.4) is 0 Å². The fourth-order valence-corrected chi connectivity index (χ4v) is 3.84. The van der Waals surface area contributed by atoms with Crippen molar-refractivity contribution in [2.45, 2.75) is 19.9 Å². The second kappa shape index (κ2) is 8.47. The van der Waals surface area contributed by atoms with Crippen LogP contribution >= 0.6 is 11.6 Å². The van der Waals surface area contributed by atoms with E-state index in [0.29, 0.717) is 22.4 Å². The van der Waals surface area contributed by atoms with Crippen LogP contribution < -0.4 is 9.64 Å². The predicted octanol–water partition coefficient (Wildman–Crippen LogP) is 4.54. The molecule has 1 aliphatic rings. The lowest BCUT2D eigenvalue weighted by atomic mass is 10.2. The topological polar surface area (TPSA) is 73.9 Å². The molecule has 8 nitrogen and oxygen atoms in total. The van der Waals surface area contributed by atoms with Gasteiger partial charge >= 0.3 is 0 Å². The molecule has 1 aliphatic heterocycles. The number of ether oxygens (including phenoxy) is 1. The SMILES string of the molecule is COc1cc(/C=C/c2nc3n(n2)CCCN3c2ccc(Cl)cc2)cnc1-n1cnc(C)c1. The van der Waals surface area contributed by atoms with E-state index in [9.17, 15) is 0 Å². The number of hydrogen-bond donors (Lipinski definition) is 0. The molecule has 162 valence electrons. The average Bonchev–Trinajstić information content (AvgIpc) is 3.43. The van der Waals surface area contributed by atoms with Gasteiger partial charge in [0.1, 0.15) is 6.33 Å². The van der Waals surface area contributed by atoms with Gasteiger partial charge in [-0.1, -0.05) is 11.6 Å². The number of nitrogens with zero attached hydrogens (tertiary/aromatic N) is 7. The quantitative estimate of drug-likeness (QED) is 0.447. The number of aryl methyl sites for hydroxylation is 2. The second-order valence-electron chi connectivity index (χ2n) is 7.52. The molecular formula is C23H22ClN7O. The van der Waals surface area contributed by atoms with Crippen LogP contribution in [0.15, 0.2) is 49.1 Å². The lowest BCUT2D eigenvalue weighted by molar-refractivity contribution is 0.410. The van der Waals surface area contributed by atoms with Crippen molar-refractivity contribution in [3.8, 4) is 11.6 Å². The summed E-state index contributed by atoms with van der Waals surface area (Å²) in [6.07, 6.45) is 10.3. The molecule has 1 aromatic carbocycles. The molecule has 32 heavy (non-hydrogen) atoms.